The van der Waals surface area contributed by atoms with E-state index in [1.54, 1.807) is 0 Å². The molecular weight excluding hydrogens is 310 g/mol. The van der Waals surface area contributed by atoms with Crippen LogP contribution in [0.4, 0.5) is 0 Å². The zero-order valence-electron chi connectivity index (χ0n) is 8.98. The maximum atomic E-state index is 6.22. The van der Waals surface area contributed by atoms with Gasteiger partial charge < -0.3 is 0 Å². The van der Waals surface area contributed by atoms with Crippen molar-refractivity contribution in [2.75, 3.05) is 0 Å². The van der Waals surface area contributed by atoms with E-state index in [1.165, 1.54) is 0 Å². The van der Waals surface area contributed by atoms with Gasteiger partial charge >= 0.3 is 0 Å². The van der Waals surface area contributed by atoms with Crippen LogP contribution in [0, 0.1) is 0 Å². The minimum atomic E-state index is 0.372. The Morgan fingerprint density at radius 1 is 0.611 bits per heavy atom. The van der Waals surface area contributed by atoms with Crippen LogP contribution < -0.4 is 0 Å². The third-order valence-electron chi connectivity index (χ3n) is 2.92. The lowest BCUT2D eigenvalue weighted by molar-refractivity contribution is 1.75. The zero-order valence-corrected chi connectivity index (χ0v) is 12.0. The van der Waals surface area contributed by atoms with E-state index in [2.05, 4.69) is 0 Å². The molecular formula is C14H6Cl4. The van der Waals surface area contributed by atoms with Crippen molar-refractivity contribution < 1.29 is 0 Å². The largest absolute Gasteiger partial charge is 0.0837 e. The van der Waals surface area contributed by atoms with Gasteiger partial charge in [-0.15, -0.1) is 0 Å². The van der Waals surface area contributed by atoms with Gasteiger partial charge in [0.1, 0.15) is 0 Å². The molecule has 18 heavy (non-hydrogen) atoms. The Kier molecular flexibility index (Phi) is 3.07. The Labute approximate surface area is 124 Å². The topological polar surface area (TPSA) is 0 Å². The molecule has 0 aliphatic carbocycles. The summed E-state index contributed by atoms with van der Waals surface area (Å²) in [4.78, 5) is 0. The van der Waals surface area contributed by atoms with E-state index < -0.39 is 0 Å². The quantitative estimate of drug-likeness (QED) is 0.323. The molecule has 0 saturated carbocycles. The molecule has 0 radical (unpaired) electrons. The van der Waals surface area contributed by atoms with Gasteiger partial charge in [-0.25, -0.2) is 0 Å². The van der Waals surface area contributed by atoms with Crippen molar-refractivity contribution in [3.63, 3.8) is 0 Å². The Hall–Kier alpha value is -0.660. The zero-order chi connectivity index (χ0) is 12.9. The molecule has 0 bridgehead atoms. The smallest absolute Gasteiger partial charge is 0.0785 e. The van der Waals surface area contributed by atoms with E-state index in [-0.39, 0.29) is 0 Å². The second kappa shape index (κ2) is 4.47. The highest BCUT2D eigenvalue weighted by atomic mass is 35.5. The molecule has 0 saturated heterocycles. The van der Waals surface area contributed by atoms with Gasteiger partial charge in [0, 0.05) is 15.8 Å². The highest BCUT2D eigenvalue weighted by Gasteiger charge is 2.10. The molecule has 0 spiro atoms. The van der Waals surface area contributed by atoms with Crippen molar-refractivity contribution in [2.24, 2.45) is 0 Å². The predicted octanol–water partition coefficient (Wildman–Crippen LogP) is 6.61. The Balaban J connectivity index is 2.54. The first-order chi connectivity index (χ1) is 8.58. The predicted molar refractivity (Wildman–Crippen MR) is 81.5 cm³/mol. The van der Waals surface area contributed by atoms with E-state index in [4.69, 9.17) is 46.4 Å². The van der Waals surface area contributed by atoms with Gasteiger partial charge in [0.2, 0.25) is 0 Å². The molecule has 0 unspecified atom stereocenters. The van der Waals surface area contributed by atoms with E-state index >= 15 is 0 Å². The van der Waals surface area contributed by atoms with Gasteiger partial charge in [0.15, 0.2) is 0 Å². The number of fused-ring (bicyclic) bond motifs is 2. The van der Waals surface area contributed by atoms with Gasteiger partial charge in [-0.1, -0.05) is 58.5 Å². The third-order valence-corrected chi connectivity index (χ3v) is 4.52. The van der Waals surface area contributed by atoms with Crippen LogP contribution in [0.15, 0.2) is 36.4 Å². The summed E-state index contributed by atoms with van der Waals surface area (Å²) >= 11 is 24.5. The summed E-state index contributed by atoms with van der Waals surface area (Å²) < 4.78 is 0. The Morgan fingerprint density at radius 2 is 1.39 bits per heavy atom. The van der Waals surface area contributed by atoms with Crippen LogP contribution in [0.1, 0.15) is 0 Å². The summed E-state index contributed by atoms with van der Waals surface area (Å²) in [5, 5.41) is 5.78. The SMILES string of the molecule is Clc1cc2cc3cccc(Cl)c3cc2c(Cl)c1Cl. The lowest BCUT2D eigenvalue weighted by Gasteiger charge is -2.08. The van der Waals surface area contributed by atoms with E-state index in [1.807, 2.05) is 36.4 Å². The van der Waals surface area contributed by atoms with Crippen LogP contribution in [-0.2, 0) is 0 Å². The molecule has 0 atom stereocenters. The molecule has 4 heteroatoms. The standard InChI is InChI=1S/C14H6Cl4/c15-11-3-1-2-7-4-8-5-12(16)14(18)13(17)10(8)6-9(7)11/h1-6H. The number of hydrogen-bond acceptors (Lipinski definition) is 0. The van der Waals surface area contributed by atoms with Crippen molar-refractivity contribution in [3.05, 3.63) is 56.5 Å². The van der Waals surface area contributed by atoms with Crippen LogP contribution in [0.5, 0.6) is 0 Å². The first kappa shape index (κ1) is 12.4. The summed E-state index contributed by atoms with van der Waals surface area (Å²) in [5.74, 6) is 0. The van der Waals surface area contributed by atoms with Gasteiger partial charge in [-0.3, -0.25) is 0 Å². The molecule has 90 valence electrons. The Bertz CT molecular complexity index is 778. The summed E-state index contributed by atoms with van der Waals surface area (Å²) in [6.45, 7) is 0. The first-order valence-electron chi connectivity index (χ1n) is 5.23. The molecule has 3 aromatic carbocycles. The van der Waals surface area contributed by atoms with Crippen LogP contribution in [0.3, 0.4) is 0 Å². The summed E-state index contributed by atoms with van der Waals surface area (Å²) in [6.07, 6.45) is 0. The molecule has 0 nitrogen and oxygen atoms in total. The van der Waals surface area contributed by atoms with E-state index in [9.17, 15) is 0 Å². The fourth-order valence-electron chi connectivity index (χ4n) is 2.04. The van der Waals surface area contributed by atoms with Gasteiger partial charge in [0.25, 0.3) is 0 Å². The van der Waals surface area contributed by atoms with Crippen molar-refractivity contribution >= 4 is 67.9 Å². The second-order valence-electron chi connectivity index (χ2n) is 4.02. The minimum absolute atomic E-state index is 0.372. The normalized spacial score (nSPS) is 11.3. The van der Waals surface area contributed by atoms with Gasteiger partial charge in [-0.05, 0) is 35.0 Å². The van der Waals surface area contributed by atoms with E-state index in [0.717, 1.165) is 21.5 Å². The monoisotopic (exact) mass is 314 g/mol. The lowest BCUT2D eigenvalue weighted by Crippen LogP contribution is -1.81. The highest BCUT2D eigenvalue weighted by Crippen LogP contribution is 2.39. The first-order valence-corrected chi connectivity index (χ1v) is 6.74. The molecule has 0 N–H and O–H groups in total. The number of rotatable bonds is 0. The minimum Gasteiger partial charge on any atom is -0.0837 e. The molecule has 3 aromatic rings. The maximum absolute atomic E-state index is 6.22. The van der Waals surface area contributed by atoms with Gasteiger partial charge in [0.05, 0.1) is 15.1 Å². The number of hydrogen-bond donors (Lipinski definition) is 0. The van der Waals surface area contributed by atoms with Crippen LogP contribution in [0.25, 0.3) is 21.5 Å². The second-order valence-corrected chi connectivity index (χ2v) is 5.59. The fraction of sp³-hybridized carbons (Fsp3) is 0. The summed E-state index contributed by atoms with van der Waals surface area (Å²) in [7, 11) is 0. The highest BCUT2D eigenvalue weighted by molar-refractivity contribution is 6.50. The van der Waals surface area contributed by atoms with Gasteiger partial charge in [-0.2, -0.15) is 0 Å². The average molecular weight is 316 g/mol. The molecule has 0 heterocycles. The van der Waals surface area contributed by atoms with Crippen molar-refractivity contribution in [2.45, 2.75) is 0 Å². The van der Waals surface area contributed by atoms with Crippen molar-refractivity contribution in [1.29, 1.82) is 0 Å². The summed E-state index contributed by atoms with van der Waals surface area (Å²) in [6, 6.07) is 11.5. The van der Waals surface area contributed by atoms with Crippen LogP contribution >= 0.6 is 46.4 Å². The molecule has 0 aliphatic rings. The number of benzene rings is 3. The molecule has 3 rings (SSSR count). The lowest BCUT2D eigenvalue weighted by atomic mass is 10.0. The molecule has 0 aliphatic heterocycles. The van der Waals surface area contributed by atoms with Crippen molar-refractivity contribution in [1.82, 2.24) is 0 Å². The number of halogens is 4. The van der Waals surface area contributed by atoms with E-state index in [0.29, 0.717) is 20.1 Å². The van der Waals surface area contributed by atoms with Crippen LogP contribution in [-0.4, -0.2) is 0 Å². The van der Waals surface area contributed by atoms with Crippen LogP contribution in [0.2, 0.25) is 20.1 Å². The fourth-order valence-corrected chi connectivity index (χ4v) is 2.96. The molecule has 0 fully saturated rings. The van der Waals surface area contributed by atoms with Crippen molar-refractivity contribution in [3.8, 4) is 0 Å². The third kappa shape index (κ3) is 1.85. The maximum Gasteiger partial charge on any atom is 0.0785 e. The molecule has 0 aromatic heterocycles. The Morgan fingerprint density at radius 3 is 2.17 bits per heavy atom. The summed E-state index contributed by atoms with van der Waals surface area (Å²) in [5.41, 5.74) is 0. The average Bonchev–Trinajstić information content (AvgIpc) is 2.35. The molecule has 0 amide bonds.